The van der Waals surface area contributed by atoms with E-state index in [-0.39, 0.29) is 18.1 Å². The van der Waals surface area contributed by atoms with Crippen LogP contribution < -0.4 is 10.9 Å². The minimum absolute atomic E-state index is 0.0846. The van der Waals surface area contributed by atoms with Crippen LogP contribution in [0.5, 0.6) is 0 Å². The highest BCUT2D eigenvalue weighted by atomic mass is 32.1. The molecule has 0 bridgehead atoms. The number of furan rings is 1. The van der Waals surface area contributed by atoms with E-state index in [1.807, 2.05) is 48.0 Å². The van der Waals surface area contributed by atoms with E-state index in [2.05, 4.69) is 15.8 Å². The maximum atomic E-state index is 12.3. The van der Waals surface area contributed by atoms with E-state index in [0.29, 0.717) is 11.3 Å². The third-order valence-corrected chi connectivity index (χ3v) is 5.92. The summed E-state index contributed by atoms with van der Waals surface area (Å²) in [5.41, 5.74) is 6.84. The molecule has 4 aromatic rings. The van der Waals surface area contributed by atoms with E-state index in [4.69, 9.17) is 4.42 Å². The van der Waals surface area contributed by atoms with Crippen molar-refractivity contribution < 1.29 is 14.0 Å². The molecule has 0 aliphatic rings. The van der Waals surface area contributed by atoms with Crippen molar-refractivity contribution in [2.45, 2.75) is 13.3 Å². The van der Waals surface area contributed by atoms with Crippen molar-refractivity contribution in [2.24, 2.45) is 0 Å². The molecule has 6 nitrogen and oxygen atoms in total. The average Bonchev–Trinajstić information content (AvgIpc) is 3.40. The summed E-state index contributed by atoms with van der Waals surface area (Å²) in [5.74, 6) is -0.653. The number of hydrogen-bond acceptors (Lipinski definition) is 6. The molecule has 136 valence electrons. The van der Waals surface area contributed by atoms with Crippen LogP contribution in [0.1, 0.15) is 21.8 Å². The highest BCUT2D eigenvalue weighted by molar-refractivity contribution is 7.20. The van der Waals surface area contributed by atoms with Crippen molar-refractivity contribution in [2.75, 3.05) is 0 Å². The molecule has 8 heteroatoms. The average molecular weight is 397 g/mol. The Hall–Kier alpha value is -2.97. The Morgan fingerprint density at radius 3 is 2.74 bits per heavy atom. The molecule has 0 aliphatic heterocycles. The smallest absolute Gasteiger partial charge is 0.305 e. The van der Waals surface area contributed by atoms with Gasteiger partial charge in [0.05, 0.1) is 17.0 Å². The van der Waals surface area contributed by atoms with Crippen LogP contribution in [0.25, 0.3) is 20.9 Å². The van der Waals surface area contributed by atoms with Gasteiger partial charge in [0.25, 0.3) is 0 Å². The van der Waals surface area contributed by atoms with E-state index in [0.717, 1.165) is 20.8 Å². The zero-order valence-electron chi connectivity index (χ0n) is 14.3. The Morgan fingerprint density at radius 2 is 1.96 bits per heavy atom. The number of rotatable bonds is 4. The number of nitrogens with zero attached hydrogens (tertiary/aromatic N) is 1. The number of thiazole rings is 1. The molecule has 0 atom stereocenters. The van der Waals surface area contributed by atoms with Gasteiger partial charge in [0.2, 0.25) is 5.91 Å². The lowest BCUT2D eigenvalue weighted by atomic mass is 10.1. The number of carbonyl (C=O) groups is 2. The largest absolute Gasteiger partial charge is 0.451 e. The van der Waals surface area contributed by atoms with Crippen LogP contribution in [0.15, 0.2) is 51.6 Å². The van der Waals surface area contributed by atoms with Crippen molar-refractivity contribution in [1.82, 2.24) is 15.8 Å². The van der Waals surface area contributed by atoms with E-state index in [1.54, 1.807) is 17.4 Å². The molecule has 1 aromatic carbocycles. The number of para-hydroxylation sites is 1. The molecule has 0 unspecified atom stereocenters. The van der Waals surface area contributed by atoms with Gasteiger partial charge in [-0.3, -0.25) is 20.4 Å². The predicted octanol–water partition coefficient (Wildman–Crippen LogP) is 3.93. The zero-order valence-corrected chi connectivity index (χ0v) is 15.9. The van der Waals surface area contributed by atoms with Gasteiger partial charge in [-0.25, -0.2) is 4.98 Å². The SMILES string of the molecule is Cc1c(C(=O)NNC(=O)Cc2csc(-c3cccs3)n2)oc2ccccc12. The summed E-state index contributed by atoms with van der Waals surface area (Å²) >= 11 is 3.09. The van der Waals surface area contributed by atoms with Crippen molar-refractivity contribution in [3.05, 3.63) is 64.2 Å². The van der Waals surface area contributed by atoms with E-state index in [9.17, 15) is 9.59 Å². The van der Waals surface area contributed by atoms with Gasteiger partial charge in [-0.1, -0.05) is 24.3 Å². The summed E-state index contributed by atoms with van der Waals surface area (Å²) in [6, 6.07) is 11.4. The number of thiophene rings is 1. The summed E-state index contributed by atoms with van der Waals surface area (Å²) < 4.78 is 5.58. The van der Waals surface area contributed by atoms with Crippen LogP contribution in [0.4, 0.5) is 0 Å². The van der Waals surface area contributed by atoms with Gasteiger partial charge in [0, 0.05) is 16.3 Å². The fourth-order valence-electron chi connectivity index (χ4n) is 2.68. The number of carbonyl (C=O) groups excluding carboxylic acids is 2. The lowest BCUT2D eigenvalue weighted by Crippen LogP contribution is -2.42. The van der Waals surface area contributed by atoms with Crippen LogP contribution in [0, 0.1) is 6.92 Å². The monoisotopic (exact) mass is 397 g/mol. The summed E-state index contributed by atoms with van der Waals surface area (Å²) in [4.78, 5) is 30.0. The van der Waals surface area contributed by atoms with Gasteiger partial charge < -0.3 is 4.42 Å². The minimum Gasteiger partial charge on any atom is -0.451 e. The van der Waals surface area contributed by atoms with Crippen molar-refractivity contribution >= 4 is 45.5 Å². The minimum atomic E-state index is -0.491. The van der Waals surface area contributed by atoms with Crippen LogP contribution in [0.2, 0.25) is 0 Å². The quantitative estimate of drug-likeness (QED) is 0.511. The fraction of sp³-hybridized carbons (Fsp3) is 0.105. The predicted molar refractivity (Wildman–Crippen MR) is 106 cm³/mol. The lowest BCUT2D eigenvalue weighted by molar-refractivity contribution is -0.121. The fourth-order valence-corrected chi connectivity index (χ4v) is 4.32. The second kappa shape index (κ2) is 7.34. The molecule has 2 amide bonds. The molecule has 3 aromatic heterocycles. The Kier molecular flexibility index (Phi) is 4.74. The molecular weight excluding hydrogens is 382 g/mol. The van der Waals surface area contributed by atoms with Gasteiger partial charge in [-0.05, 0) is 24.4 Å². The summed E-state index contributed by atoms with van der Waals surface area (Å²) in [7, 11) is 0. The highest BCUT2D eigenvalue weighted by Gasteiger charge is 2.18. The number of aromatic nitrogens is 1. The number of hydrogen-bond donors (Lipinski definition) is 2. The summed E-state index contributed by atoms with van der Waals surface area (Å²) in [5, 5.41) is 5.59. The Balaban J connectivity index is 1.37. The zero-order chi connectivity index (χ0) is 18.8. The highest BCUT2D eigenvalue weighted by Crippen LogP contribution is 2.28. The number of fused-ring (bicyclic) bond motifs is 1. The van der Waals surface area contributed by atoms with Gasteiger partial charge in [0.1, 0.15) is 10.6 Å². The van der Waals surface area contributed by atoms with Gasteiger partial charge in [-0.15, -0.1) is 22.7 Å². The molecule has 0 radical (unpaired) electrons. The molecular formula is C19H15N3O3S2. The number of amides is 2. The number of hydrazine groups is 1. The molecule has 0 spiro atoms. The van der Waals surface area contributed by atoms with Crippen LogP contribution in [0.3, 0.4) is 0 Å². The molecule has 3 heterocycles. The molecule has 27 heavy (non-hydrogen) atoms. The van der Waals surface area contributed by atoms with Crippen molar-refractivity contribution in [1.29, 1.82) is 0 Å². The standard InChI is InChI=1S/C19H15N3O3S2/c1-11-13-5-2-3-6-14(13)25-17(11)18(24)22-21-16(23)9-12-10-27-19(20-12)15-7-4-8-26-15/h2-8,10H,9H2,1H3,(H,21,23)(H,22,24). The Labute approximate surface area is 162 Å². The summed E-state index contributed by atoms with van der Waals surface area (Å²) in [6.07, 6.45) is 0.0846. The molecule has 0 saturated carbocycles. The third-order valence-electron chi connectivity index (χ3n) is 3.99. The summed E-state index contributed by atoms with van der Waals surface area (Å²) in [6.45, 7) is 1.81. The second-order valence-corrected chi connectivity index (χ2v) is 7.66. The van der Waals surface area contributed by atoms with Crippen LogP contribution in [-0.2, 0) is 11.2 Å². The van der Waals surface area contributed by atoms with Gasteiger partial charge >= 0.3 is 5.91 Å². The van der Waals surface area contributed by atoms with Crippen LogP contribution in [-0.4, -0.2) is 16.8 Å². The van der Waals surface area contributed by atoms with Gasteiger partial charge in [0.15, 0.2) is 5.76 Å². The molecule has 0 fully saturated rings. The second-order valence-electron chi connectivity index (χ2n) is 5.85. The lowest BCUT2D eigenvalue weighted by Gasteiger charge is -2.05. The van der Waals surface area contributed by atoms with E-state index in [1.165, 1.54) is 11.3 Å². The van der Waals surface area contributed by atoms with Crippen molar-refractivity contribution in [3.63, 3.8) is 0 Å². The first-order valence-electron chi connectivity index (χ1n) is 8.17. The third kappa shape index (κ3) is 3.62. The Morgan fingerprint density at radius 1 is 1.11 bits per heavy atom. The van der Waals surface area contributed by atoms with Gasteiger partial charge in [-0.2, -0.15) is 0 Å². The Bertz CT molecular complexity index is 1110. The first-order chi connectivity index (χ1) is 13.1. The van der Waals surface area contributed by atoms with E-state index < -0.39 is 5.91 Å². The molecule has 2 N–H and O–H groups in total. The van der Waals surface area contributed by atoms with Crippen LogP contribution >= 0.6 is 22.7 Å². The molecule has 0 aliphatic carbocycles. The first-order valence-corrected chi connectivity index (χ1v) is 9.93. The normalized spacial score (nSPS) is 10.9. The molecule has 4 rings (SSSR count). The number of nitrogens with one attached hydrogen (secondary N) is 2. The topological polar surface area (TPSA) is 84.2 Å². The first kappa shape index (κ1) is 17.4. The van der Waals surface area contributed by atoms with E-state index >= 15 is 0 Å². The number of aryl methyl sites for hydroxylation is 1. The maximum absolute atomic E-state index is 12.3. The van der Waals surface area contributed by atoms with Crippen molar-refractivity contribution in [3.8, 4) is 9.88 Å². The maximum Gasteiger partial charge on any atom is 0.305 e. The molecule has 0 saturated heterocycles. The number of benzene rings is 1.